The molecule has 1 atom stereocenters. The van der Waals surface area contributed by atoms with Gasteiger partial charge in [-0.25, -0.2) is 9.37 Å². The van der Waals surface area contributed by atoms with Crippen LogP contribution in [0.3, 0.4) is 0 Å². The van der Waals surface area contributed by atoms with Crippen LogP contribution in [0.1, 0.15) is 48.1 Å². The number of nitrogens with two attached hydrogens (primary N) is 1. The Hall–Kier alpha value is -2.67. The van der Waals surface area contributed by atoms with Gasteiger partial charge in [0.25, 0.3) is 5.91 Å². The number of hydrogen-bond donors (Lipinski definition) is 1. The van der Waals surface area contributed by atoms with Gasteiger partial charge in [-0.2, -0.15) is 0 Å². The minimum atomic E-state index is -0.227. The Morgan fingerprint density at radius 2 is 1.91 bits per heavy atom. The van der Waals surface area contributed by atoms with Gasteiger partial charge in [0.15, 0.2) is 0 Å². The number of halogens is 1. The first-order valence-corrected chi connectivity index (χ1v) is 12.5. The quantitative estimate of drug-likeness (QED) is 0.569. The van der Waals surface area contributed by atoms with Crippen LogP contribution in [0.5, 0.6) is 0 Å². The number of nitrogens with zero attached hydrogens (tertiary/aromatic N) is 3. The largest absolute Gasteiger partial charge is 0.397 e. The third kappa shape index (κ3) is 4.07. The summed E-state index contributed by atoms with van der Waals surface area (Å²) in [6, 6.07) is 8.96. The maximum absolute atomic E-state index is 14.1. The molecule has 1 aliphatic heterocycles. The molecule has 1 unspecified atom stereocenters. The molecule has 1 fully saturated rings. The maximum Gasteiger partial charge on any atom is 0.266 e. The molecule has 1 aromatic carbocycles. The van der Waals surface area contributed by atoms with Gasteiger partial charge in [-0.1, -0.05) is 32.9 Å². The number of aromatic nitrogens is 1. The van der Waals surface area contributed by atoms with E-state index in [4.69, 9.17) is 10.7 Å². The molecule has 7 heteroatoms. The van der Waals surface area contributed by atoms with Crippen molar-refractivity contribution in [2.75, 3.05) is 36.8 Å². The lowest BCUT2D eigenvalue weighted by Crippen LogP contribution is -2.49. The van der Waals surface area contributed by atoms with Crippen LogP contribution in [-0.4, -0.2) is 42.0 Å². The zero-order valence-corrected chi connectivity index (χ0v) is 20.3. The Morgan fingerprint density at radius 3 is 2.61 bits per heavy atom. The van der Waals surface area contributed by atoms with E-state index in [1.165, 1.54) is 23.0 Å². The SMILES string of the molecule is CC(C)(C)C1CCc2nc3sc(C(=O)N4CCN(c5ccccc5F)CC4)c(N)c3cc2C1. The molecular weight excluding hydrogens is 435 g/mol. The average Bonchev–Trinajstić information content (AvgIpc) is 3.12. The van der Waals surface area contributed by atoms with Crippen LogP contribution in [0.4, 0.5) is 15.8 Å². The van der Waals surface area contributed by atoms with Gasteiger partial charge in [-0.05, 0) is 54.4 Å². The number of fused-ring (bicyclic) bond motifs is 2. The van der Waals surface area contributed by atoms with Crippen LogP contribution >= 0.6 is 11.3 Å². The summed E-state index contributed by atoms with van der Waals surface area (Å²) < 4.78 is 14.1. The van der Waals surface area contributed by atoms with Gasteiger partial charge in [0, 0.05) is 37.3 Å². The first kappa shape index (κ1) is 22.1. The number of piperazine rings is 1. The van der Waals surface area contributed by atoms with Crippen molar-refractivity contribution >= 4 is 38.8 Å². The summed E-state index contributed by atoms with van der Waals surface area (Å²) in [5, 5.41) is 0.904. The van der Waals surface area contributed by atoms with Crippen LogP contribution in [0.25, 0.3) is 10.2 Å². The predicted octanol–water partition coefficient (Wildman–Crippen LogP) is 5.13. The van der Waals surface area contributed by atoms with E-state index >= 15 is 0 Å². The standard InChI is InChI=1S/C26H31FN4OS/c1-26(2,3)17-8-9-20-16(14-17)15-18-22(28)23(33-24(18)29-20)25(32)31-12-10-30(11-13-31)21-7-5-4-6-19(21)27/h4-7,15,17H,8-14,28H2,1-3H3. The molecule has 33 heavy (non-hydrogen) atoms. The number of carbonyl (C=O) groups is 1. The Kier molecular flexibility index (Phi) is 5.55. The predicted molar refractivity (Wildman–Crippen MR) is 134 cm³/mol. The molecule has 5 rings (SSSR count). The summed E-state index contributed by atoms with van der Waals surface area (Å²) in [5.41, 5.74) is 10.3. The second kappa shape index (κ2) is 8.28. The lowest BCUT2D eigenvalue weighted by Gasteiger charge is -2.36. The van der Waals surface area contributed by atoms with Gasteiger partial charge < -0.3 is 15.5 Å². The number of carbonyl (C=O) groups excluding carboxylic acids is 1. The topological polar surface area (TPSA) is 62.5 Å². The first-order valence-electron chi connectivity index (χ1n) is 11.7. The molecule has 3 aromatic rings. The summed E-state index contributed by atoms with van der Waals surface area (Å²) in [5.74, 6) is 0.347. The zero-order valence-electron chi connectivity index (χ0n) is 19.5. The number of rotatable bonds is 2. The molecule has 0 bridgehead atoms. The molecule has 2 aliphatic rings. The molecule has 0 saturated carbocycles. The molecule has 5 nitrogen and oxygen atoms in total. The first-order chi connectivity index (χ1) is 15.7. The number of thiophene rings is 1. The van der Waals surface area contributed by atoms with E-state index in [0.29, 0.717) is 48.3 Å². The van der Waals surface area contributed by atoms with E-state index in [-0.39, 0.29) is 17.1 Å². The highest BCUT2D eigenvalue weighted by Crippen LogP contribution is 2.40. The van der Waals surface area contributed by atoms with Crippen molar-refractivity contribution in [1.82, 2.24) is 9.88 Å². The van der Waals surface area contributed by atoms with E-state index in [9.17, 15) is 9.18 Å². The number of pyridine rings is 1. The van der Waals surface area contributed by atoms with Gasteiger partial charge in [-0.15, -0.1) is 11.3 Å². The van der Waals surface area contributed by atoms with Crippen molar-refractivity contribution in [1.29, 1.82) is 0 Å². The summed E-state index contributed by atoms with van der Waals surface area (Å²) in [7, 11) is 0. The fourth-order valence-corrected chi connectivity index (χ4v) is 6.15. The van der Waals surface area contributed by atoms with E-state index < -0.39 is 0 Å². The van der Waals surface area contributed by atoms with Crippen molar-refractivity contribution in [2.24, 2.45) is 11.3 Å². The average molecular weight is 467 g/mol. The van der Waals surface area contributed by atoms with Crippen molar-refractivity contribution in [3.8, 4) is 0 Å². The summed E-state index contributed by atoms with van der Waals surface area (Å²) in [4.78, 5) is 23.5. The third-order valence-corrected chi connectivity index (χ3v) is 8.37. The van der Waals surface area contributed by atoms with Crippen molar-refractivity contribution in [3.63, 3.8) is 0 Å². The number of anilines is 2. The van der Waals surface area contributed by atoms with Crippen LogP contribution in [-0.2, 0) is 12.8 Å². The number of hydrogen-bond acceptors (Lipinski definition) is 5. The minimum absolute atomic E-state index is 0.0470. The normalized spacial score (nSPS) is 19.1. The highest BCUT2D eigenvalue weighted by atomic mass is 32.1. The lowest BCUT2D eigenvalue weighted by atomic mass is 9.71. The summed E-state index contributed by atoms with van der Waals surface area (Å²) in [6.07, 6.45) is 3.14. The number of amides is 1. The fourth-order valence-electron chi connectivity index (χ4n) is 5.09. The van der Waals surface area contributed by atoms with E-state index in [1.807, 2.05) is 15.9 Å². The molecule has 1 saturated heterocycles. The smallest absolute Gasteiger partial charge is 0.266 e. The molecule has 174 valence electrons. The summed E-state index contributed by atoms with van der Waals surface area (Å²) in [6.45, 7) is 9.18. The lowest BCUT2D eigenvalue weighted by molar-refractivity contribution is 0.0752. The molecule has 2 N–H and O–H groups in total. The molecule has 0 radical (unpaired) electrons. The number of para-hydroxylation sites is 1. The highest BCUT2D eigenvalue weighted by Gasteiger charge is 2.31. The van der Waals surface area contributed by atoms with Crippen LogP contribution in [0.15, 0.2) is 30.3 Å². The molecule has 2 aromatic heterocycles. The van der Waals surface area contributed by atoms with Gasteiger partial charge >= 0.3 is 0 Å². The van der Waals surface area contributed by atoms with Crippen LogP contribution in [0.2, 0.25) is 0 Å². The van der Waals surface area contributed by atoms with E-state index in [0.717, 1.165) is 35.2 Å². The Balaban J connectivity index is 1.36. The number of benzene rings is 1. The highest BCUT2D eigenvalue weighted by molar-refractivity contribution is 7.21. The second-order valence-electron chi connectivity index (χ2n) is 10.3. The van der Waals surface area contributed by atoms with Crippen LogP contribution in [0, 0.1) is 17.2 Å². The van der Waals surface area contributed by atoms with E-state index in [1.54, 1.807) is 12.1 Å². The van der Waals surface area contributed by atoms with Crippen LogP contribution < -0.4 is 10.6 Å². The maximum atomic E-state index is 14.1. The Bertz CT molecular complexity index is 1210. The zero-order chi connectivity index (χ0) is 23.3. The molecular formula is C26H31FN4OS. The van der Waals surface area contributed by atoms with Crippen molar-refractivity contribution in [3.05, 3.63) is 52.3 Å². The summed E-state index contributed by atoms with van der Waals surface area (Å²) >= 11 is 1.40. The van der Waals surface area contributed by atoms with Gasteiger partial charge in [0.05, 0.1) is 11.4 Å². The monoisotopic (exact) mass is 466 g/mol. The Labute approximate surface area is 198 Å². The second-order valence-corrected chi connectivity index (χ2v) is 11.3. The fraction of sp³-hybridized carbons (Fsp3) is 0.462. The Morgan fingerprint density at radius 1 is 1.18 bits per heavy atom. The van der Waals surface area contributed by atoms with Gasteiger partial charge in [0.2, 0.25) is 0 Å². The van der Waals surface area contributed by atoms with E-state index in [2.05, 4.69) is 26.8 Å². The molecule has 0 spiro atoms. The molecule has 3 heterocycles. The van der Waals surface area contributed by atoms with Crippen molar-refractivity contribution in [2.45, 2.75) is 40.0 Å². The van der Waals surface area contributed by atoms with Crippen molar-refractivity contribution < 1.29 is 9.18 Å². The number of nitrogen functional groups attached to an aromatic ring is 1. The van der Waals surface area contributed by atoms with Gasteiger partial charge in [0.1, 0.15) is 15.5 Å². The molecule has 1 amide bonds. The minimum Gasteiger partial charge on any atom is -0.397 e. The van der Waals surface area contributed by atoms with Gasteiger partial charge in [-0.3, -0.25) is 4.79 Å². The molecule has 1 aliphatic carbocycles. The third-order valence-electron chi connectivity index (χ3n) is 7.26. The number of aryl methyl sites for hydroxylation is 1.